The van der Waals surface area contributed by atoms with Crippen molar-refractivity contribution in [2.45, 2.75) is 33.2 Å². The third kappa shape index (κ3) is 3.02. The Balaban J connectivity index is 1.48. The highest BCUT2D eigenvalue weighted by Crippen LogP contribution is 2.25. The standard InChI is InChI=1S/C19H22N4OS/c1-12-13(2)21-17-15(12)6-5-7-16(17)18(24)20-10-14-11-25-19(22-14)23-8-3-4-9-23/h5-7,11,21H,3-4,8-10H2,1-2H3,(H,20,24). The monoisotopic (exact) mass is 354 g/mol. The Hall–Kier alpha value is -2.34. The van der Waals surface area contributed by atoms with E-state index in [2.05, 4.69) is 27.1 Å². The molecule has 1 aliphatic rings. The number of rotatable bonds is 4. The average molecular weight is 354 g/mol. The van der Waals surface area contributed by atoms with Crippen molar-refractivity contribution in [1.29, 1.82) is 0 Å². The maximum Gasteiger partial charge on any atom is 0.253 e. The summed E-state index contributed by atoms with van der Waals surface area (Å²) >= 11 is 1.66. The Bertz CT molecular complexity index is 921. The molecule has 0 saturated carbocycles. The number of benzene rings is 1. The van der Waals surface area contributed by atoms with Crippen LogP contribution in [0.15, 0.2) is 23.6 Å². The van der Waals surface area contributed by atoms with E-state index in [4.69, 9.17) is 0 Å². The van der Waals surface area contributed by atoms with Crippen LogP contribution in [0.3, 0.4) is 0 Å². The topological polar surface area (TPSA) is 61.0 Å². The third-order valence-electron chi connectivity index (χ3n) is 4.93. The minimum absolute atomic E-state index is 0.0671. The van der Waals surface area contributed by atoms with Crippen molar-refractivity contribution in [3.05, 3.63) is 46.1 Å². The zero-order chi connectivity index (χ0) is 17.4. The Morgan fingerprint density at radius 3 is 2.92 bits per heavy atom. The van der Waals surface area contributed by atoms with E-state index >= 15 is 0 Å². The molecular weight excluding hydrogens is 332 g/mol. The molecule has 0 unspecified atom stereocenters. The van der Waals surface area contributed by atoms with Gasteiger partial charge in [-0.3, -0.25) is 4.79 Å². The predicted molar refractivity (Wildman–Crippen MR) is 103 cm³/mol. The van der Waals surface area contributed by atoms with Gasteiger partial charge < -0.3 is 15.2 Å². The molecule has 2 aromatic heterocycles. The molecule has 3 heterocycles. The number of thiazole rings is 1. The van der Waals surface area contributed by atoms with Crippen molar-refractivity contribution >= 4 is 33.3 Å². The van der Waals surface area contributed by atoms with E-state index in [9.17, 15) is 4.79 Å². The molecular formula is C19H22N4OS. The Labute approximate surface area is 151 Å². The lowest BCUT2D eigenvalue weighted by molar-refractivity contribution is 0.0952. The minimum Gasteiger partial charge on any atom is -0.358 e. The van der Waals surface area contributed by atoms with Crippen LogP contribution < -0.4 is 10.2 Å². The number of hydrogen-bond acceptors (Lipinski definition) is 4. The summed E-state index contributed by atoms with van der Waals surface area (Å²) in [6, 6.07) is 5.85. The van der Waals surface area contributed by atoms with Crippen LogP contribution in [-0.2, 0) is 6.54 Å². The highest BCUT2D eigenvalue weighted by molar-refractivity contribution is 7.13. The van der Waals surface area contributed by atoms with Crippen molar-refractivity contribution in [1.82, 2.24) is 15.3 Å². The number of hydrogen-bond donors (Lipinski definition) is 2. The molecule has 5 nitrogen and oxygen atoms in total. The first kappa shape index (κ1) is 16.1. The zero-order valence-electron chi connectivity index (χ0n) is 14.6. The van der Waals surface area contributed by atoms with Crippen molar-refractivity contribution in [3.8, 4) is 0 Å². The third-order valence-corrected chi connectivity index (χ3v) is 5.88. The van der Waals surface area contributed by atoms with Gasteiger partial charge in [0.2, 0.25) is 0 Å². The second-order valence-electron chi connectivity index (χ2n) is 6.60. The van der Waals surface area contributed by atoms with Crippen LogP contribution in [0.4, 0.5) is 5.13 Å². The van der Waals surface area contributed by atoms with Crippen molar-refractivity contribution in [2.24, 2.45) is 0 Å². The first-order valence-electron chi connectivity index (χ1n) is 8.69. The number of carbonyl (C=O) groups is 1. The molecule has 1 aromatic carbocycles. The molecule has 0 aliphatic carbocycles. The number of nitrogens with one attached hydrogen (secondary N) is 2. The van der Waals surface area contributed by atoms with E-state index in [1.807, 2.05) is 30.5 Å². The molecule has 4 rings (SSSR count). The molecule has 2 N–H and O–H groups in total. The first-order chi connectivity index (χ1) is 12.1. The van der Waals surface area contributed by atoms with Crippen LogP contribution in [-0.4, -0.2) is 29.0 Å². The highest BCUT2D eigenvalue weighted by atomic mass is 32.1. The normalized spacial score (nSPS) is 14.4. The van der Waals surface area contributed by atoms with Crippen LogP contribution in [0.1, 0.15) is 40.2 Å². The van der Waals surface area contributed by atoms with Gasteiger partial charge >= 0.3 is 0 Å². The van der Waals surface area contributed by atoms with Gasteiger partial charge in [-0.15, -0.1) is 11.3 Å². The summed E-state index contributed by atoms with van der Waals surface area (Å²) in [6.07, 6.45) is 2.48. The van der Waals surface area contributed by atoms with Gasteiger partial charge in [0, 0.05) is 29.5 Å². The van der Waals surface area contributed by atoms with Crippen LogP contribution in [0.2, 0.25) is 0 Å². The van der Waals surface area contributed by atoms with E-state index in [-0.39, 0.29) is 5.91 Å². The number of H-pyrrole nitrogens is 1. The Kier molecular flexibility index (Phi) is 4.21. The summed E-state index contributed by atoms with van der Waals surface area (Å²) in [5, 5.41) is 7.22. The molecule has 6 heteroatoms. The summed E-state index contributed by atoms with van der Waals surface area (Å²) in [5.41, 5.74) is 4.81. The van der Waals surface area contributed by atoms with E-state index in [1.165, 1.54) is 18.4 Å². The van der Waals surface area contributed by atoms with Gasteiger partial charge in [0.05, 0.1) is 23.3 Å². The van der Waals surface area contributed by atoms with Gasteiger partial charge in [0.15, 0.2) is 5.13 Å². The summed E-state index contributed by atoms with van der Waals surface area (Å²) in [5.74, 6) is -0.0671. The number of para-hydroxylation sites is 1. The summed E-state index contributed by atoms with van der Waals surface area (Å²) in [6.45, 7) is 6.75. The van der Waals surface area contributed by atoms with Crippen molar-refractivity contribution < 1.29 is 4.79 Å². The van der Waals surface area contributed by atoms with Crippen LogP contribution in [0.25, 0.3) is 10.9 Å². The maximum absolute atomic E-state index is 12.6. The molecule has 0 atom stereocenters. The number of aromatic nitrogens is 2. The zero-order valence-corrected chi connectivity index (χ0v) is 15.4. The molecule has 0 bridgehead atoms. The first-order valence-corrected chi connectivity index (χ1v) is 9.57. The number of aryl methyl sites for hydroxylation is 2. The Morgan fingerprint density at radius 2 is 2.12 bits per heavy atom. The lowest BCUT2D eigenvalue weighted by atomic mass is 10.1. The van der Waals surface area contributed by atoms with E-state index in [0.29, 0.717) is 12.1 Å². The summed E-state index contributed by atoms with van der Waals surface area (Å²) in [7, 11) is 0. The van der Waals surface area contributed by atoms with E-state index in [0.717, 1.165) is 40.5 Å². The fourth-order valence-electron chi connectivity index (χ4n) is 3.37. The molecule has 0 spiro atoms. The molecule has 3 aromatic rings. The van der Waals surface area contributed by atoms with Gasteiger partial charge in [-0.2, -0.15) is 0 Å². The lowest BCUT2D eigenvalue weighted by Crippen LogP contribution is -2.23. The molecule has 1 fully saturated rings. The molecule has 1 saturated heterocycles. The minimum atomic E-state index is -0.0671. The predicted octanol–water partition coefficient (Wildman–Crippen LogP) is 3.77. The number of aromatic amines is 1. The van der Waals surface area contributed by atoms with Gasteiger partial charge in [-0.05, 0) is 38.3 Å². The number of amides is 1. The van der Waals surface area contributed by atoms with Crippen LogP contribution in [0, 0.1) is 13.8 Å². The molecule has 0 radical (unpaired) electrons. The molecule has 25 heavy (non-hydrogen) atoms. The number of fused-ring (bicyclic) bond motifs is 1. The Morgan fingerprint density at radius 1 is 1.32 bits per heavy atom. The van der Waals surface area contributed by atoms with Crippen LogP contribution in [0.5, 0.6) is 0 Å². The summed E-state index contributed by atoms with van der Waals surface area (Å²) < 4.78 is 0. The van der Waals surface area contributed by atoms with Gasteiger partial charge in [-0.1, -0.05) is 12.1 Å². The van der Waals surface area contributed by atoms with Crippen LogP contribution >= 0.6 is 11.3 Å². The van der Waals surface area contributed by atoms with E-state index in [1.54, 1.807) is 11.3 Å². The fraction of sp³-hybridized carbons (Fsp3) is 0.368. The van der Waals surface area contributed by atoms with Gasteiger partial charge in [0.25, 0.3) is 5.91 Å². The number of nitrogens with zero attached hydrogens (tertiary/aromatic N) is 2. The maximum atomic E-state index is 12.6. The largest absolute Gasteiger partial charge is 0.358 e. The summed E-state index contributed by atoms with van der Waals surface area (Å²) in [4.78, 5) is 23.0. The van der Waals surface area contributed by atoms with Crippen molar-refractivity contribution in [3.63, 3.8) is 0 Å². The highest BCUT2D eigenvalue weighted by Gasteiger charge is 2.17. The molecule has 1 aliphatic heterocycles. The van der Waals surface area contributed by atoms with Gasteiger partial charge in [-0.25, -0.2) is 4.98 Å². The van der Waals surface area contributed by atoms with E-state index < -0.39 is 0 Å². The quantitative estimate of drug-likeness (QED) is 0.750. The molecule has 130 valence electrons. The second-order valence-corrected chi connectivity index (χ2v) is 7.44. The molecule has 1 amide bonds. The number of carbonyl (C=O) groups excluding carboxylic acids is 1. The fourth-order valence-corrected chi connectivity index (χ4v) is 4.25. The second kappa shape index (κ2) is 6.52. The average Bonchev–Trinajstić information content (AvgIpc) is 3.34. The van der Waals surface area contributed by atoms with Crippen molar-refractivity contribution in [2.75, 3.05) is 18.0 Å². The smallest absolute Gasteiger partial charge is 0.253 e. The SMILES string of the molecule is Cc1[nH]c2c(C(=O)NCc3csc(N4CCCC4)n3)cccc2c1C. The lowest BCUT2D eigenvalue weighted by Gasteiger charge is -2.12. The van der Waals surface area contributed by atoms with Gasteiger partial charge in [0.1, 0.15) is 0 Å². The number of anilines is 1.